The van der Waals surface area contributed by atoms with Crippen LogP contribution >= 0.6 is 11.6 Å². The van der Waals surface area contributed by atoms with Crippen LogP contribution in [0.3, 0.4) is 0 Å². The molecule has 0 atom stereocenters. The number of hydrogen-bond acceptors (Lipinski definition) is 3. The summed E-state index contributed by atoms with van der Waals surface area (Å²) in [4.78, 5) is 0. The van der Waals surface area contributed by atoms with E-state index in [1.807, 2.05) is 56.3 Å². The van der Waals surface area contributed by atoms with Gasteiger partial charge in [-0.2, -0.15) is 5.26 Å². The van der Waals surface area contributed by atoms with Gasteiger partial charge in [-0.15, -0.1) is 5.10 Å². The number of nitrogens with zero attached hydrogens (tertiary/aromatic N) is 4. The van der Waals surface area contributed by atoms with Crippen LogP contribution in [0.15, 0.2) is 24.3 Å². The maximum atomic E-state index is 9.03. The van der Waals surface area contributed by atoms with Gasteiger partial charge in [0.05, 0.1) is 5.69 Å². The van der Waals surface area contributed by atoms with Crippen LogP contribution in [0.5, 0.6) is 0 Å². The van der Waals surface area contributed by atoms with Crippen molar-refractivity contribution in [1.82, 2.24) is 15.0 Å². The summed E-state index contributed by atoms with van der Waals surface area (Å²) in [7, 11) is 0. The molecule has 19 heavy (non-hydrogen) atoms. The molecule has 0 fully saturated rings. The average Bonchev–Trinajstić information content (AvgIpc) is 2.81. The molecule has 4 nitrogen and oxygen atoms in total. The Labute approximate surface area is 116 Å². The molecular formula is C14H13ClN4. The zero-order chi connectivity index (χ0) is 13.8. The van der Waals surface area contributed by atoms with Crippen LogP contribution in [0.1, 0.15) is 36.8 Å². The number of rotatable bonds is 3. The van der Waals surface area contributed by atoms with E-state index in [2.05, 4.69) is 10.3 Å². The lowest BCUT2D eigenvalue weighted by Gasteiger charge is -2.06. The molecule has 1 aromatic heterocycles. The monoisotopic (exact) mass is 272 g/mol. The Balaban J connectivity index is 2.35. The first-order valence-corrected chi connectivity index (χ1v) is 6.28. The smallest absolute Gasteiger partial charge is 0.190 e. The van der Waals surface area contributed by atoms with Gasteiger partial charge in [0.25, 0.3) is 0 Å². The molecule has 2 rings (SSSR count). The van der Waals surface area contributed by atoms with Gasteiger partial charge >= 0.3 is 0 Å². The predicted molar refractivity (Wildman–Crippen MR) is 75.5 cm³/mol. The molecule has 0 radical (unpaired) electrons. The van der Waals surface area contributed by atoms with Gasteiger partial charge in [-0.05, 0) is 37.6 Å². The third kappa shape index (κ3) is 3.01. The second-order valence-electron chi connectivity index (χ2n) is 4.36. The fourth-order valence-corrected chi connectivity index (χ4v) is 1.79. The highest BCUT2D eigenvalue weighted by molar-refractivity contribution is 6.30. The SMILES string of the molecule is CC(C)n1nnc(C#N)c1/C=C/c1ccc(Cl)cc1. The number of halogens is 1. The third-order valence-corrected chi connectivity index (χ3v) is 2.88. The lowest BCUT2D eigenvalue weighted by atomic mass is 10.2. The van der Waals surface area contributed by atoms with E-state index in [9.17, 15) is 0 Å². The minimum Gasteiger partial charge on any atom is -0.241 e. The van der Waals surface area contributed by atoms with Crippen molar-refractivity contribution in [3.05, 3.63) is 46.2 Å². The topological polar surface area (TPSA) is 54.5 Å². The van der Waals surface area contributed by atoms with Crippen molar-refractivity contribution >= 4 is 23.8 Å². The van der Waals surface area contributed by atoms with Crippen LogP contribution in [0, 0.1) is 11.3 Å². The number of hydrogen-bond donors (Lipinski definition) is 0. The summed E-state index contributed by atoms with van der Waals surface area (Å²) in [6.07, 6.45) is 3.76. The third-order valence-electron chi connectivity index (χ3n) is 2.63. The summed E-state index contributed by atoms with van der Waals surface area (Å²) < 4.78 is 1.73. The Hall–Kier alpha value is -2.12. The first-order valence-electron chi connectivity index (χ1n) is 5.90. The second kappa shape index (κ2) is 5.68. The van der Waals surface area contributed by atoms with Crippen LogP contribution in [-0.4, -0.2) is 15.0 Å². The molecule has 0 aliphatic heterocycles. The van der Waals surface area contributed by atoms with Crippen LogP contribution in [0.2, 0.25) is 5.02 Å². The van der Waals surface area contributed by atoms with E-state index >= 15 is 0 Å². The molecule has 1 heterocycles. The zero-order valence-electron chi connectivity index (χ0n) is 10.7. The Morgan fingerprint density at radius 2 is 1.95 bits per heavy atom. The average molecular weight is 273 g/mol. The first kappa shape index (κ1) is 13.3. The molecule has 96 valence electrons. The molecule has 0 bridgehead atoms. The van der Waals surface area contributed by atoms with Gasteiger partial charge in [-0.1, -0.05) is 35.0 Å². The molecule has 0 saturated carbocycles. The summed E-state index contributed by atoms with van der Waals surface area (Å²) in [6, 6.07) is 9.67. The summed E-state index contributed by atoms with van der Waals surface area (Å²) >= 11 is 5.83. The van der Waals surface area contributed by atoms with Gasteiger partial charge in [0, 0.05) is 11.1 Å². The van der Waals surface area contributed by atoms with Gasteiger partial charge in [-0.3, -0.25) is 0 Å². The Kier molecular flexibility index (Phi) is 3.98. The van der Waals surface area contributed by atoms with Crippen molar-refractivity contribution in [1.29, 1.82) is 5.26 Å². The highest BCUT2D eigenvalue weighted by atomic mass is 35.5. The zero-order valence-corrected chi connectivity index (χ0v) is 11.5. The Morgan fingerprint density at radius 1 is 1.26 bits per heavy atom. The molecule has 0 N–H and O–H groups in total. The summed E-state index contributed by atoms with van der Waals surface area (Å²) in [5.41, 5.74) is 2.05. The molecule has 1 aromatic carbocycles. The molecule has 0 saturated heterocycles. The van der Waals surface area contributed by atoms with Gasteiger partial charge in [0.2, 0.25) is 0 Å². The largest absolute Gasteiger partial charge is 0.241 e. The highest BCUT2D eigenvalue weighted by Crippen LogP contribution is 2.16. The fourth-order valence-electron chi connectivity index (χ4n) is 1.67. The van der Waals surface area contributed by atoms with Crippen molar-refractivity contribution < 1.29 is 0 Å². The van der Waals surface area contributed by atoms with Crippen molar-refractivity contribution in [3.8, 4) is 6.07 Å². The van der Waals surface area contributed by atoms with E-state index in [-0.39, 0.29) is 6.04 Å². The maximum absolute atomic E-state index is 9.03. The van der Waals surface area contributed by atoms with Gasteiger partial charge in [0.15, 0.2) is 5.69 Å². The van der Waals surface area contributed by atoms with E-state index in [0.717, 1.165) is 5.56 Å². The Morgan fingerprint density at radius 3 is 2.53 bits per heavy atom. The minimum absolute atomic E-state index is 0.152. The molecule has 5 heteroatoms. The van der Waals surface area contributed by atoms with E-state index in [1.54, 1.807) is 4.68 Å². The molecule has 0 unspecified atom stereocenters. The van der Waals surface area contributed by atoms with Crippen molar-refractivity contribution in [2.24, 2.45) is 0 Å². The first-order chi connectivity index (χ1) is 9.11. The second-order valence-corrected chi connectivity index (χ2v) is 4.79. The van der Waals surface area contributed by atoms with Gasteiger partial charge in [-0.25, -0.2) is 4.68 Å². The van der Waals surface area contributed by atoms with Crippen molar-refractivity contribution in [2.75, 3.05) is 0 Å². The van der Waals surface area contributed by atoms with Crippen LogP contribution in [0.25, 0.3) is 12.2 Å². The van der Waals surface area contributed by atoms with E-state index in [4.69, 9.17) is 16.9 Å². The van der Waals surface area contributed by atoms with Crippen molar-refractivity contribution in [3.63, 3.8) is 0 Å². The van der Waals surface area contributed by atoms with E-state index in [1.165, 1.54) is 0 Å². The molecule has 0 aliphatic carbocycles. The maximum Gasteiger partial charge on any atom is 0.190 e. The number of aromatic nitrogens is 3. The van der Waals surface area contributed by atoms with Gasteiger partial charge < -0.3 is 0 Å². The number of nitriles is 1. The summed E-state index contributed by atoms with van der Waals surface area (Å²) in [6.45, 7) is 3.99. The van der Waals surface area contributed by atoms with E-state index < -0.39 is 0 Å². The molecule has 0 amide bonds. The number of benzene rings is 1. The lowest BCUT2D eigenvalue weighted by Crippen LogP contribution is -2.05. The van der Waals surface area contributed by atoms with Crippen LogP contribution in [0.4, 0.5) is 0 Å². The molecular weight excluding hydrogens is 260 g/mol. The summed E-state index contributed by atoms with van der Waals surface area (Å²) in [5.74, 6) is 0. The molecule has 0 aliphatic rings. The normalized spacial score (nSPS) is 11.1. The van der Waals surface area contributed by atoms with Crippen molar-refractivity contribution in [2.45, 2.75) is 19.9 Å². The summed E-state index contributed by atoms with van der Waals surface area (Å²) in [5, 5.41) is 17.6. The van der Waals surface area contributed by atoms with E-state index in [0.29, 0.717) is 16.4 Å². The predicted octanol–water partition coefficient (Wildman–Crippen LogP) is 3.55. The Bertz CT molecular complexity index is 632. The van der Waals surface area contributed by atoms with Crippen LogP contribution < -0.4 is 0 Å². The lowest BCUT2D eigenvalue weighted by molar-refractivity contribution is 0.510. The molecule has 0 spiro atoms. The minimum atomic E-state index is 0.152. The van der Waals surface area contributed by atoms with Crippen LogP contribution in [-0.2, 0) is 0 Å². The van der Waals surface area contributed by atoms with Gasteiger partial charge in [0.1, 0.15) is 6.07 Å². The highest BCUT2D eigenvalue weighted by Gasteiger charge is 2.11. The quantitative estimate of drug-likeness (QED) is 0.858. The fraction of sp³-hybridized carbons (Fsp3) is 0.214. The standard InChI is InChI=1S/C14H13ClN4/c1-10(2)19-14(13(9-16)17-18-19)8-5-11-3-6-12(15)7-4-11/h3-8,10H,1-2H3/b8-5+. The molecule has 2 aromatic rings.